The number of likely N-dealkylation sites (tertiary alicyclic amines) is 1. The summed E-state index contributed by atoms with van der Waals surface area (Å²) in [4.78, 5) is 36.4. The smallest absolute Gasteiger partial charge is 0.325 e. The lowest BCUT2D eigenvalue weighted by atomic mass is 9.96. The Hall–Kier alpha value is -1.79. The highest BCUT2D eigenvalue weighted by molar-refractivity contribution is 5.83. The zero-order valence-corrected chi connectivity index (χ0v) is 13.2. The van der Waals surface area contributed by atoms with Gasteiger partial charge in [-0.2, -0.15) is 0 Å². The topological polar surface area (TPSA) is 87.7 Å². The first-order chi connectivity index (χ1) is 9.71. The maximum Gasteiger partial charge on any atom is 0.325 e. The Kier molecular flexibility index (Phi) is 5.99. The fraction of sp³-hybridized carbons (Fsp3) is 0.786. The average Bonchev–Trinajstić information content (AvgIpc) is 2.65. The maximum absolute atomic E-state index is 11.9. The number of hydrogen-bond acceptors (Lipinski definition) is 4. The number of carbonyl (C=O) groups excluding carboxylic acids is 3. The number of nitrogens with zero attached hydrogens (tertiary/aromatic N) is 1. The van der Waals surface area contributed by atoms with E-state index in [1.54, 1.807) is 11.8 Å². The van der Waals surface area contributed by atoms with Gasteiger partial charge in [-0.05, 0) is 12.3 Å². The van der Waals surface area contributed by atoms with E-state index in [0.717, 1.165) is 0 Å². The normalized spacial score (nSPS) is 18.6. The van der Waals surface area contributed by atoms with E-state index in [-0.39, 0.29) is 30.5 Å². The van der Waals surface area contributed by atoms with Crippen molar-refractivity contribution >= 4 is 17.9 Å². The van der Waals surface area contributed by atoms with E-state index in [2.05, 4.69) is 31.4 Å². The molecule has 1 aliphatic rings. The standard InChI is InChI=1S/C14H25N3O4/c1-5-21-12(19)7-15-13(20)16-10-6-11(18)17(8-10)9-14(2,3)4/h10H,5-9H2,1-4H3,(H2,15,16,20)/t10-/m1/s1. The van der Waals surface area contributed by atoms with Crippen LogP contribution in [0.15, 0.2) is 0 Å². The zero-order chi connectivity index (χ0) is 16.0. The third-order valence-corrected chi connectivity index (χ3v) is 2.91. The summed E-state index contributed by atoms with van der Waals surface area (Å²) in [6.07, 6.45) is 0.295. The number of urea groups is 1. The molecule has 0 aromatic rings. The number of rotatable bonds is 5. The Balaban J connectivity index is 2.35. The van der Waals surface area contributed by atoms with Crippen LogP contribution in [0.25, 0.3) is 0 Å². The van der Waals surface area contributed by atoms with E-state index in [0.29, 0.717) is 19.5 Å². The molecule has 21 heavy (non-hydrogen) atoms. The predicted molar refractivity (Wildman–Crippen MR) is 77.6 cm³/mol. The van der Waals surface area contributed by atoms with Gasteiger partial charge in [0, 0.05) is 19.5 Å². The second kappa shape index (κ2) is 7.28. The van der Waals surface area contributed by atoms with Crippen LogP contribution in [-0.2, 0) is 14.3 Å². The van der Waals surface area contributed by atoms with Gasteiger partial charge in [-0.15, -0.1) is 0 Å². The van der Waals surface area contributed by atoms with Crippen LogP contribution in [0.3, 0.4) is 0 Å². The molecule has 1 rings (SSSR count). The van der Waals surface area contributed by atoms with E-state index < -0.39 is 12.0 Å². The Labute approximate surface area is 125 Å². The van der Waals surface area contributed by atoms with Crippen LogP contribution in [0.1, 0.15) is 34.1 Å². The summed E-state index contributed by atoms with van der Waals surface area (Å²) >= 11 is 0. The van der Waals surface area contributed by atoms with E-state index in [1.807, 2.05) is 0 Å². The maximum atomic E-state index is 11.9. The summed E-state index contributed by atoms with van der Waals surface area (Å²) in [5.41, 5.74) is 0.0245. The zero-order valence-electron chi connectivity index (χ0n) is 13.2. The molecule has 0 spiro atoms. The van der Waals surface area contributed by atoms with E-state index in [4.69, 9.17) is 4.74 Å². The largest absolute Gasteiger partial charge is 0.465 e. The number of carbonyl (C=O) groups is 3. The number of ether oxygens (including phenoxy) is 1. The lowest BCUT2D eigenvalue weighted by Gasteiger charge is -2.26. The minimum Gasteiger partial charge on any atom is -0.465 e. The van der Waals surface area contributed by atoms with Gasteiger partial charge in [-0.3, -0.25) is 9.59 Å². The van der Waals surface area contributed by atoms with Crippen LogP contribution in [0, 0.1) is 5.41 Å². The number of esters is 1. The number of hydrogen-bond donors (Lipinski definition) is 2. The monoisotopic (exact) mass is 299 g/mol. The highest BCUT2D eigenvalue weighted by Crippen LogP contribution is 2.20. The molecule has 2 N–H and O–H groups in total. The molecule has 1 aliphatic heterocycles. The highest BCUT2D eigenvalue weighted by atomic mass is 16.5. The van der Waals surface area contributed by atoms with Crippen LogP contribution >= 0.6 is 0 Å². The molecule has 7 heteroatoms. The summed E-state index contributed by atoms with van der Waals surface area (Å²) in [7, 11) is 0. The molecule has 1 saturated heterocycles. The summed E-state index contributed by atoms with van der Waals surface area (Å²) in [5.74, 6) is -0.440. The summed E-state index contributed by atoms with van der Waals surface area (Å²) in [5, 5.41) is 5.12. The van der Waals surface area contributed by atoms with Gasteiger partial charge < -0.3 is 20.3 Å². The molecule has 0 unspecified atom stereocenters. The fourth-order valence-electron chi connectivity index (χ4n) is 2.20. The lowest BCUT2D eigenvalue weighted by molar-refractivity contribution is -0.141. The molecule has 0 radical (unpaired) electrons. The Morgan fingerprint density at radius 3 is 2.62 bits per heavy atom. The van der Waals surface area contributed by atoms with Crippen molar-refractivity contribution in [1.82, 2.24) is 15.5 Å². The van der Waals surface area contributed by atoms with Crippen LogP contribution < -0.4 is 10.6 Å². The minimum absolute atomic E-state index is 0.0245. The van der Waals surface area contributed by atoms with Crippen molar-refractivity contribution in [2.75, 3.05) is 26.2 Å². The molecule has 0 aliphatic carbocycles. The van der Waals surface area contributed by atoms with Gasteiger partial charge in [0.05, 0.1) is 12.6 Å². The second-order valence-corrected chi connectivity index (χ2v) is 6.37. The molecule has 0 aromatic carbocycles. The molecule has 1 heterocycles. The lowest BCUT2D eigenvalue weighted by Crippen LogP contribution is -2.45. The summed E-state index contributed by atoms with van der Waals surface area (Å²) in [6.45, 7) is 9.16. The van der Waals surface area contributed by atoms with Gasteiger partial charge in [-0.25, -0.2) is 4.79 Å². The van der Waals surface area contributed by atoms with Crippen molar-refractivity contribution in [2.24, 2.45) is 5.41 Å². The number of amides is 3. The van der Waals surface area contributed by atoms with Crippen molar-refractivity contribution < 1.29 is 19.1 Å². The van der Waals surface area contributed by atoms with Crippen LogP contribution in [0.2, 0.25) is 0 Å². The van der Waals surface area contributed by atoms with Gasteiger partial charge in [0.15, 0.2) is 0 Å². The van der Waals surface area contributed by atoms with Crippen LogP contribution in [0.5, 0.6) is 0 Å². The molecular formula is C14H25N3O4. The van der Waals surface area contributed by atoms with Gasteiger partial charge >= 0.3 is 12.0 Å². The van der Waals surface area contributed by atoms with Crippen molar-refractivity contribution in [3.8, 4) is 0 Å². The Morgan fingerprint density at radius 2 is 2.05 bits per heavy atom. The fourth-order valence-corrected chi connectivity index (χ4v) is 2.20. The number of nitrogens with one attached hydrogen (secondary N) is 2. The van der Waals surface area contributed by atoms with Crippen molar-refractivity contribution in [1.29, 1.82) is 0 Å². The third-order valence-electron chi connectivity index (χ3n) is 2.91. The molecule has 120 valence electrons. The summed E-state index contributed by atoms with van der Waals surface area (Å²) < 4.78 is 4.71. The molecule has 1 fully saturated rings. The van der Waals surface area contributed by atoms with Gasteiger partial charge in [0.2, 0.25) is 5.91 Å². The SMILES string of the molecule is CCOC(=O)CNC(=O)N[C@@H]1CC(=O)N(CC(C)(C)C)C1. The molecule has 7 nitrogen and oxygen atoms in total. The quantitative estimate of drug-likeness (QED) is 0.723. The molecule has 0 bridgehead atoms. The predicted octanol–water partition coefficient (Wildman–Crippen LogP) is 0.496. The van der Waals surface area contributed by atoms with Gasteiger partial charge in [0.25, 0.3) is 0 Å². The Bertz CT molecular complexity index is 404. The third kappa shape index (κ3) is 6.46. The van der Waals surface area contributed by atoms with Crippen molar-refractivity contribution in [2.45, 2.75) is 40.2 Å². The van der Waals surface area contributed by atoms with E-state index in [9.17, 15) is 14.4 Å². The molecule has 0 saturated carbocycles. The van der Waals surface area contributed by atoms with E-state index >= 15 is 0 Å². The molecule has 1 atom stereocenters. The first kappa shape index (κ1) is 17.3. The van der Waals surface area contributed by atoms with Crippen LogP contribution in [0.4, 0.5) is 4.79 Å². The Morgan fingerprint density at radius 1 is 1.38 bits per heavy atom. The first-order valence-corrected chi connectivity index (χ1v) is 7.19. The molecular weight excluding hydrogens is 274 g/mol. The van der Waals surface area contributed by atoms with Crippen molar-refractivity contribution in [3.05, 3.63) is 0 Å². The highest BCUT2D eigenvalue weighted by Gasteiger charge is 2.32. The van der Waals surface area contributed by atoms with Crippen LogP contribution in [-0.4, -0.2) is 55.1 Å². The summed E-state index contributed by atoms with van der Waals surface area (Å²) in [6, 6.07) is -0.680. The molecule has 3 amide bonds. The van der Waals surface area contributed by atoms with Gasteiger partial charge in [-0.1, -0.05) is 20.8 Å². The first-order valence-electron chi connectivity index (χ1n) is 7.19. The van der Waals surface area contributed by atoms with Gasteiger partial charge in [0.1, 0.15) is 6.54 Å². The minimum atomic E-state index is -0.482. The van der Waals surface area contributed by atoms with E-state index in [1.165, 1.54) is 0 Å². The molecule has 0 aromatic heterocycles. The average molecular weight is 299 g/mol. The van der Waals surface area contributed by atoms with Crippen molar-refractivity contribution in [3.63, 3.8) is 0 Å². The second-order valence-electron chi connectivity index (χ2n) is 6.37.